The molecule has 0 saturated carbocycles. The highest BCUT2D eigenvalue weighted by atomic mass is 35.5. The van der Waals surface area contributed by atoms with E-state index in [4.69, 9.17) is 21.6 Å². The molecular weight excluding hydrogens is 394 g/mol. The smallest absolute Gasteiger partial charge is 0.345 e. The normalized spacial score (nSPS) is 9.96. The molecule has 138 valence electrons. The van der Waals surface area contributed by atoms with Gasteiger partial charge in [-0.1, -0.05) is 11.6 Å². The molecule has 0 fully saturated rings. The topological polar surface area (TPSA) is 122 Å². The Balaban J connectivity index is 2.02. The van der Waals surface area contributed by atoms with Gasteiger partial charge in [0.15, 0.2) is 6.61 Å². The molecule has 0 bridgehead atoms. The highest BCUT2D eigenvalue weighted by molar-refractivity contribution is 8.03. The van der Waals surface area contributed by atoms with Gasteiger partial charge in [-0.3, -0.25) is 14.9 Å². The van der Waals surface area contributed by atoms with E-state index < -0.39 is 29.1 Å². The van der Waals surface area contributed by atoms with Crippen molar-refractivity contribution in [1.82, 2.24) is 0 Å². The highest BCUT2D eigenvalue weighted by Gasteiger charge is 2.22. The van der Waals surface area contributed by atoms with E-state index in [9.17, 15) is 19.7 Å². The number of thioether (sulfide) groups is 1. The summed E-state index contributed by atoms with van der Waals surface area (Å²) >= 11 is 6.75. The number of nitriles is 1. The van der Waals surface area contributed by atoms with Crippen LogP contribution in [-0.2, 0) is 9.53 Å². The number of thiocyanates is 1. The first-order valence-electron chi connectivity index (χ1n) is 7.39. The maximum Gasteiger partial charge on any atom is 0.345 e. The van der Waals surface area contributed by atoms with Crippen molar-refractivity contribution in [2.24, 2.45) is 0 Å². The van der Waals surface area contributed by atoms with Gasteiger partial charge in [0.1, 0.15) is 11.0 Å². The minimum absolute atomic E-state index is 0.128. The zero-order valence-corrected chi connectivity index (χ0v) is 15.5. The summed E-state index contributed by atoms with van der Waals surface area (Å²) in [6.45, 7) is 1.12. The van der Waals surface area contributed by atoms with Crippen LogP contribution in [-0.4, -0.2) is 23.4 Å². The van der Waals surface area contributed by atoms with E-state index in [1.54, 1.807) is 25.1 Å². The summed E-state index contributed by atoms with van der Waals surface area (Å²) in [4.78, 5) is 35.0. The standard InChI is InChI=1S/C17H12ClN3O5S/c1-10-6-12(27-9-19)3-4-14(10)20-16(22)8-26-17(23)13-7-11(18)2-5-15(13)21(24)25/h2-7H,8H2,1H3,(H,20,22). The Morgan fingerprint density at radius 3 is 2.70 bits per heavy atom. The average molecular weight is 406 g/mol. The van der Waals surface area contributed by atoms with Crippen molar-refractivity contribution in [3.63, 3.8) is 0 Å². The molecule has 0 heterocycles. The zero-order valence-electron chi connectivity index (χ0n) is 13.9. The number of nitrogens with one attached hydrogen (secondary N) is 1. The Morgan fingerprint density at radius 2 is 2.07 bits per heavy atom. The molecule has 0 aliphatic rings. The second-order valence-corrected chi connectivity index (χ2v) is 6.51. The third kappa shape index (κ3) is 5.44. The Morgan fingerprint density at radius 1 is 1.33 bits per heavy atom. The average Bonchev–Trinajstić information content (AvgIpc) is 2.62. The van der Waals surface area contributed by atoms with Crippen LogP contribution in [0, 0.1) is 27.7 Å². The lowest BCUT2D eigenvalue weighted by molar-refractivity contribution is -0.385. The number of nitro benzene ring substituents is 1. The molecule has 1 amide bonds. The van der Waals surface area contributed by atoms with Crippen LogP contribution >= 0.6 is 23.4 Å². The van der Waals surface area contributed by atoms with Crippen LogP contribution in [0.5, 0.6) is 0 Å². The number of halogens is 1. The number of hydrogen-bond donors (Lipinski definition) is 1. The quantitative estimate of drug-likeness (QED) is 0.254. The Bertz CT molecular complexity index is 958. The molecule has 0 radical (unpaired) electrons. The molecule has 0 unspecified atom stereocenters. The summed E-state index contributed by atoms with van der Waals surface area (Å²) in [6, 6.07) is 8.48. The van der Waals surface area contributed by atoms with Crippen molar-refractivity contribution in [3.05, 3.63) is 62.7 Å². The molecule has 0 aliphatic heterocycles. The fourth-order valence-corrected chi connectivity index (χ4v) is 2.77. The van der Waals surface area contributed by atoms with Gasteiger partial charge in [0.05, 0.1) is 4.92 Å². The summed E-state index contributed by atoms with van der Waals surface area (Å²) < 4.78 is 4.85. The Hall–Kier alpha value is -3.09. The molecule has 2 rings (SSSR count). The number of hydrogen-bond acceptors (Lipinski definition) is 7. The van der Waals surface area contributed by atoms with Gasteiger partial charge in [-0.25, -0.2) is 4.79 Å². The van der Waals surface area contributed by atoms with E-state index in [2.05, 4.69) is 5.32 Å². The van der Waals surface area contributed by atoms with Crippen molar-refractivity contribution in [2.45, 2.75) is 11.8 Å². The summed E-state index contributed by atoms with van der Waals surface area (Å²) in [5.41, 5.74) is 0.410. The van der Waals surface area contributed by atoms with Crippen molar-refractivity contribution in [3.8, 4) is 5.40 Å². The molecular formula is C17H12ClN3O5S. The first-order valence-corrected chi connectivity index (χ1v) is 8.58. The molecule has 2 aromatic carbocycles. The third-order valence-corrected chi connectivity index (χ3v) is 4.16. The molecule has 0 aliphatic carbocycles. The Kier molecular flexibility index (Phi) is 6.76. The Labute approximate surface area is 163 Å². The van der Waals surface area contributed by atoms with Gasteiger partial charge in [0.25, 0.3) is 11.6 Å². The molecule has 8 nitrogen and oxygen atoms in total. The first-order chi connectivity index (χ1) is 12.8. The summed E-state index contributed by atoms with van der Waals surface area (Å²) in [7, 11) is 0. The van der Waals surface area contributed by atoms with E-state index in [0.717, 1.165) is 34.4 Å². The second-order valence-electron chi connectivity index (χ2n) is 5.21. The van der Waals surface area contributed by atoms with Gasteiger partial charge in [-0.05, 0) is 54.6 Å². The predicted molar refractivity (Wildman–Crippen MR) is 99.7 cm³/mol. The van der Waals surface area contributed by atoms with Crippen LogP contribution < -0.4 is 5.32 Å². The molecule has 1 N–H and O–H groups in total. The lowest BCUT2D eigenvalue weighted by Gasteiger charge is -2.10. The number of nitro groups is 1. The largest absolute Gasteiger partial charge is 0.452 e. The van der Waals surface area contributed by atoms with Crippen LogP contribution in [0.25, 0.3) is 0 Å². The first kappa shape index (κ1) is 20.2. The molecule has 10 heteroatoms. The fourth-order valence-electron chi connectivity index (χ4n) is 2.12. The molecule has 0 aromatic heterocycles. The third-order valence-electron chi connectivity index (χ3n) is 3.35. The number of benzene rings is 2. The van der Waals surface area contributed by atoms with Crippen molar-refractivity contribution in [1.29, 1.82) is 5.26 Å². The van der Waals surface area contributed by atoms with Crippen molar-refractivity contribution < 1.29 is 19.2 Å². The lowest BCUT2D eigenvalue weighted by Crippen LogP contribution is -2.21. The number of carbonyl (C=O) groups excluding carboxylic acids is 2. The van der Waals surface area contributed by atoms with Crippen molar-refractivity contribution >= 4 is 46.6 Å². The van der Waals surface area contributed by atoms with E-state index in [1.807, 2.05) is 5.40 Å². The van der Waals surface area contributed by atoms with E-state index in [1.165, 1.54) is 6.07 Å². The number of amides is 1. The highest BCUT2D eigenvalue weighted by Crippen LogP contribution is 2.24. The summed E-state index contributed by atoms with van der Waals surface area (Å²) in [5.74, 6) is -1.64. The van der Waals surface area contributed by atoms with Crippen LogP contribution in [0.4, 0.5) is 11.4 Å². The number of ether oxygens (including phenoxy) is 1. The zero-order chi connectivity index (χ0) is 20.0. The molecule has 2 aromatic rings. The molecule has 27 heavy (non-hydrogen) atoms. The molecule has 0 saturated heterocycles. The fraction of sp³-hybridized carbons (Fsp3) is 0.118. The number of anilines is 1. The van der Waals surface area contributed by atoms with Crippen LogP contribution in [0.1, 0.15) is 15.9 Å². The number of esters is 1. The van der Waals surface area contributed by atoms with E-state index in [0.29, 0.717) is 5.69 Å². The van der Waals surface area contributed by atoms with Gasteiger partial charge < -0.3 is 10.1 Å². The maximum absolute atomic E-state index is 12.1. The minimum atomic E-state index is -1.03. The number of rotatable bonds is 6. The number of aryl methyl sites for hydroxylation is 1. The number of nitrogens with zero attached hydrogens (tertiary/aromatic N) is 2. The van der Waals surface area contributed by atoms with Crippen LogP contribution in [0.2, 0.25) is 5.02 Å². The molecule has 0 spiro atoms. The van der Waals surface area contributed by atoms with Gasteiger partial charge in [-0.15, -0.1) is 0 Å². The minimum Gasteiger partial charge on any atom is -0.452 e. The molecule has 0 atom stereocenters. The van der Waals surface area contributed by atoms with Gasteiger partial charge in [-0.2, -0.15) is 5.26 Å². The lowest BCUT2D eigenvalue weighted by atomic mass is 10.2. The SMILES string of the molecule is Cc1cc(SC#N)ccc1NC(=O)COC(=O)c1cc(Cl)ccc1[N+](=O)[O-]. The van der Waals surface area contributed by atoms with Gasteiger partial charge in [0, 0.05) is 21.7 Å². The number of carbonyl (C=O) groups is 2. The van der Waals surface area contributed by atoms with Crippen molar-refractivity contribution in [2.75, 3.05) is 11.9 Å². The van der Waals surface area contributed by atoms with E-state index in [-0.39, 0.29) is 10.6 Å². The second kappa shape index (κ2) is 9.02. The monoisotopic (exact) mass is 405 g/mol. The summed E-state index contributed by atoms with van der Waals surface area (Å²) in [6.07, 6.45) is 0. The van der Waals surface area contributed by atoms with Gasteiger partial charge >= 0.3 is 5.97 Å². The predicted octanol–water partition coefficient (Wildman–Crippen LogP) is 3.93. The van der Waals surface area contributed by atoms with E-state index >= 15 is 0 Å². The maximum atomic E-state index is 12.1. The summed E-state index contributed by atoms with van der Waals surface area (Å²) in [5, 5.41) is 24.3. The van der Waals surface area contributed by atoms with Gasteiger partial charge in [0.2, 0.25) is 0 Å². The van der Waals surface area contributed by atoms with Crippen LogP contribution in [0.3, 0.4) is 0 Å². The van der Waals surface area contributed by atoms with Crippen LogP contribution in [0.15, 0.2) is 41.3 Å².